The summed E-state index contributed by atoms with van der Waals surface area (Å²) in [4.78, 5) is 16.2. The van der Waals surface area contributed by atoms with Gasteiger partial charge in [0.2, 0.25) is 0 Å². The zero-order chi connectivity index (χ0) is 11.8. The quantitative estimate of drug-likeness (QED) is 0.832. The second kappa shape index (κ2) is 4.00. The molecule has 1 fully saturated rings. The van der Waals surface area contributed by atoms with E-state index in [1.807, 2.05) is 12.1 Å². The van der Waals surface area contributed by atoms with Crippen LogP contribution in [0.3, 0.4) is 0 Å². The Hall–Kier alpha value is -1.62. The van der Waals surface area contributed by atoms with Crippen LogP contribution < -0.4 is 4.90 Å². The Kier molecular flexibility index (Phi) is 2.48. The van der Waals surface area contributed by atoms with Gasteiger partial charge in [0, 0.05) is 19.1 Å². The van der Waals surface area contributed by atoms with E-state index in [1.165, 1.54) is 6.42 Å². The van der Waals surface area contributed by atoms with Crippen molar-refractivity contribution in [3.63, 3.8) is 0 Å². The number of hydrogen-bond donors (Lipinski definition) is 1. The van der Waals surface area contributed by atoms with Gasteiger partial charge < -0.3 is 14.8 Å². The maximum Gasteiger partial charge on any atom is 0.175 e. The molecule has 3 heterocycles. The van der Waals surface area contributed by atoms with Gasteiger partial charge >= 0.3 is 0 Å². The van der Waals surface area contributed by atoms with E-state index in [0.717, 1.165) is 30.1 Å². The minimum absolute atomic E-state index is 0.626. The van der Waals surface area contributed by atoms with Gasteiger partial charge in [-0.2, -0.15) is 0 Å². The van der Waals surface area contributed by atoms with E-state index >= 15 is 0 Å². The summed E-state index contributed by atoms with van der Waals surface area (Å²) in [5, 5.41) is 0. The van der Waals surface area contributed by atoms with Crippen LogP contribution in [0.2, 0.25) is 0 Å². The maximum absolute atomic E-state index is 4.57. The van der Waals surface area contributed by atoms with Crippen LogP contribution in [0, 0.1) is 6.33 Å². The molecule has 5 nitrogen and oxygen atoms in total. The fourth-order valence-corrected chi connectivity index (χ4v) is 2.31. The Bertz CT molecular complexity index is 518. The lowest BCUT2D eigenvalue weighted by Crippen LogP contribution is -2.31. The van der Waals surface area contributed by atoms with Crippen LogP contribution in [0.5, 0.6) is 0 Å². The number of pyridine rings is 1. The lowest BCUT2D eigenvalue weighted by Gasteiger charge is -2.20. The number of likely N-dealkylation sites (N-methyl/N-ethyl adjacent to an activating group) is 1. The number of fused-ring (bicyclic) bond motifs is 1. The van der Waals surface area contributed by atoms with Gasteiger partial charge in [-0.3, -0.25) is 0 Å². The molecule has 0 amide bonds. The molecule has 3 rings (SSSR count). The van der Waals surface area contributed by atoms with Crippen molar-refractivity contribution in [1.82, 2.24) is 19.9 Å². The number of hydrogen-bond acceptors (Lipinski definition) is 4. The third-order valence-electron chi connectivity index (χ3n) is 3.43. The minimum atomic E-state index is 0.626. The molecule has 0 bridgehead atoms. The summed E-state index contributed by atoms with van der Waals surface area (Å²) < 4.78 is 0. The van der Waals surface area contributed by atoms with Crippen molar-refractivity contribution in [3.8, 4) is 0 Å². The Morgan fingerprint density at radius 3 is 3.12 bits per heavy atom. The maximum atomic E-state index is 4.57. The van der Waals surface area contributed by atoms with Gasteiger partial charge in [-0.15, -0.1) is 0 Å². The molecule has 1 aliphatic heterocycles. The fraction of sp³-hybridized carbons (Fsp3) is 0.500. The summed E-state index contributed by atoms with van der Waals surface area (Å²) in [6.45, 7) is 2.11. The van der Waals surface area contributed by atoms with Crippen LogP contribution >= 0.6 is 0 Å². The largest absolute Gasteiger partial charge is 0.355 e. The summed E-state index contributed by atoms with van der Waals surface area (Å²) in [7, 11) is 4.27. The zero-order valence-corrected chi connectivity index (χ0v) is 10.1. The molecule has 0 aromatic carbocycles. The highest BCUT2D eigenvalue weighted by Crippen LogP contribution is 2.21. The normalized spacial score (nSPS) is 20.6. The van der Waals surface area contributed by atoms with Crippen molar-refractivity contribution < 1.29 is 0 Å². The average Bonchev–Trinajstić information content (AvgIpc) is 2.97. The summed E-state index contributed by atoms with van der Waals surface area (Å²) in [6.07, 6.45) is 3.91. The number of aromatic amines is 1. The Balaban J connectivity index is 1.84. The Morgan fingerprint density at radius 1 is 1.47 bits per heavy atom. The van der Waals surface area contributed by atoms with Crippen molar-refractivity contribution in [1.29, 1.82) is 0 Å². The molecule has 1 saturated heterocycles. The van der Waals surface area contributed by atoms with Crippen molar-refractivity contribution >= 4 is 17.0 Å². The second-order valence-corrected chi connectivity index (χ2v) is 4.74. The molecule has 2 aromatic heterocycles. The molecule has 0 spiro atoms. The topological polar surface area (TPSA) is 48.0 Å². The van der Waals surface area contributed by atoms with Crippen LogP contribution in [0.25, 0.3) is 11.2 Å². The number of imidazole rings is 1. The average molecular weight is 230 g/mol. The van der Waals surface area contributed by atoms with Crippen molar-refractivity contribution in [3.05, 3.63) is 18.5 Å². The van der Waals surface area contributed by atoms with Crippen LogP contribution in [0.1, 0.15) is 6.42 Å². The molecular formula is C12H16N5. The first kappa shape index (κ1) is 10.5. The van der Waals surface area contributed by atoms with Crippen LogP contribution in [0.15, 0.2) is 12.1 Å². The molecular weight excluding hydrogens is 214 g/mol. The smallest absolute Gasteiger partial charge is 0.175 e. The van der Waals surface area contributed by atoms with Gasteiger partial charge in [-0.05, 0) is 32.6 Å². The number of rotatable bonds is 2. The first-order valence-corrected chi connectivity index (χ1v) is 5.88. The van der Waals surface area contributed by atoms with E-state index in [-0.39, 0.29) is 0 Å². The van der Waals surface area contributed by atoms with Crippen LogP contribution in [0.4, 0.5) is 5.82 Å². The number of aromatic nitrogens is 3. The molecule has 5 heteroatoms. The molecule has 1 N–H and O–H groups in total. The predicted molar refractivity (Wildman–Crippen MR) is 67.0 cm³/mol. The summed E-state index contributed by atoms with van der Waals surface area (Å²) in [5.74, 6) is 1.03. The van der Waals surface area contributed by atoms with Crippen molar-refractivity contribution in [2.24, 2.45) is 0 Å². The standard InChI is InChI=1S/C12H16N5/c1-16(2)9-5-6-17(7-9)11-4-3-10-12(15-11)14-8-13-10/h3-4,9H,5-7H2,1-2H3,(H,13,14,15). The van der Waals surface area contributed by atoms with Crippen LogP contribution in [-0.4, -0.2) is 53.1 Å². The molecule has 0 saturated carbocycles. The highest BCUT2D eigenvalue weighted by atomic mass is 15.3. The molecule has 1 atom stereocenters. The highest BCUT2D eigenvalue weighted by molar-refractivity contribution is 5.72. The van der Waals surface area contributed by atoms with Gasteiger partial charge in [-0.1, -0.05) is 0 Å². The molecule has 1 unspecified atom stereocenters. The molecule has 17 heavy (non-hydrogen) atoms. The van der Waals surface area contributed by atoms with Gasteiger partial charge in [0.25, 0.3) is 0 Å². The van der Waals surface area contributed by atoms with E-state index in [1.54, 1.807) is 0 Å². The Morgan fingerprint density at radius 2 is 2.35 bits per heavy atom. The molecule has 89 valence electrons. The van der Waals surface area contributed by atoms with Gasteiger partial charge in [0.05, 0.1) is 0 Å². The van der Waals surface area contributed by atoms with E-state index in [0.29, 0.717) is 6.04 Å². The molecule has 0 aliphatic carbocycles. The monoisotopic (exact) mass is 230 g/mol. The minimum Gasteiger partial charge on any atom is -0.355 e. The lowest BCUT2D eigenvalue weighted by atomic mass is 10.2. The third-order valence-corrected chi connectivity index (χ3v) is 3.43. The van der Waals surface area contributed by atoms with E-state index < -0.39 is 0 Å². The summed E-state index contributed by atoms with van der Waals surface area (Å²) >= 11 is 0. The predicted octanol–water partition coefficient (Wildman–Crippen LogP) is 0.898. The van der Waals surface area contributed by atoms with E-state index in [9.17, 15) is 0 Å². The molecule has 2 aromatic rings. The van der Waals surface area contributed by atoms with Crippen molar-refractivity contribution in [2.45, 2.75) is 12.5 Å². The zero-order valence-electron chi connectivity index (χ0n) is 10.1. The highest BCUT2D eigenvalue weighted by Gasteiger charge is 2.24. The molecule has 1 aliphatic rings. The number of nitrogens with one attached hydrogen (secondary N) is 1. The van der Waals surface area contributed by atoms with Gasteiger partial charge in [-0.25, -0.2) is 9.97 Å². The van der Waals surface area contributed by atoms with Crippen LogP contribution in [-0.2, 0) is 0 Å². The molecule has 1 radical (unpaired) electrons. The van der Waals surface area contributed by atoms with E-state index in [4.69, 9.17) is 0 Å². The lowest BCUT2D eigenvalue weighted by molar-refractivity contribution is 0.315. The SMILES string of the molecule is CN(C)C1CCN(c2ccc3n[c][nH]c3n2)C1. The van der Waals surface area contributed by atoms with Gasteiger partial charge in [0.15, 0.2) is 12.0 Å². The third kappa shape index (κ3) is 1.86. The first-order chi connectivity index (χ1) is 8.24. The number of H-pyrrole nitrogens is 1. The summed E-state index contributed by atoms with van der Waals surface area (Å²) in [6, 6.07) is 4.66. The van der Waals surface area contributed by atoms with E-state index in [2.05, 4.69) is 45.2 Å². The van der Waals surface area contributed by atoms with Gasteiger partial charge in [0.1, 0.15) is 11.3 Å². The number of nitrogens with zero attached hydrogens (tertiary/aromatic N) is 4. The van der Waals surface area contributed by atoms with Crippen molar-refractivity contribution in [2.75, 3.05) is 32.1 Å². The number of anilines is 1. The second-order valence-electron chi connectivity index (χ2n) is 4.74. The first-order valence-electron chi connectivity index (χ1n) is 5.88. The summed E-state index contributed by atoms with van der Waals surface area (Å²) in [5.41, 5.74) is 1.69. The fourth-order valence-electron chi connectivity index (χ4n) is 2.31. The Labute approximate surface area is 100 Å².